The minimum atomic E-state index is -0.302. The van der Waals surface area contributed by atoms with E-state index in [0.29, 0.717) is 13.2 Å². The van der Waals surface area contributed by atoms with Gasteiger partial charge in [-0.05, 0) is 5.56 Å². The van der Waals surface area contributed by atoms with Crippen molar-refractivity contribution in [3.05, 3.63) is 35.9 Å². The van der Waals surface area contributed by atoms with Crippen LogP contribution >= 0.6 is 0 Å². The zero-order valence-electron chi connectivity index (χ0n) is 7.10. The number of benzene rings is 1. The topological polar surface area (TPSA) is 38.8 Å². The van der Waals surface area contributed by atoms with Crippen LogP contribution in [-0.4, -0.2) is 18.7 Å². The van der Waals surface area contributed by atoms with E-state index in [1.807, 2.05) is 30.3 Å². The molecule has 1 aromatic rings. The third-order valence-electron chi connectivity index (χ3n) is 1.82. The summed E-state index contributed by atoms with van der Waals surface area (Å²) < 4.78 is 9.77. The number of carbonyl (C=O) groups is 1. The Morgan fingerprint density at radius 3 is 2.77 bits per heavy atom. The van der Waals surface area contributed by atoms with E-state index in [0.717, 1.165) is 5.56 Å². The van der Waals surface area contributed by atoms with Gasteiger partial charge < -0.3 is 9.47 Å². The zero-order chi connectivity index (χ0) is 9.10. The van der Waals surface area contributed by atoms with Gasteiger partial charge in [-0.2, -0.15) is 0 Å². The third-order valence-corrected chi connectivity index (χ3v) is 1.82. The van der Waals surface area contributed by atoms with Gasteiger partial charge in [0.15, 0.2) is 6.10 Å². The number of epoxide rings is 1. The van der Waals surface area contributed by atoms with Crippen molar-refractivity contribution in [2.45, 2.75) is 12.7 Å². The highest BCUT2D eigenvalue weighted by Crippen LogP contribution is 2.11. The lowest BCUT2D eigenvalue weighted by Crippen LogP contribution is -2.10. The van der Waals surface area contributed by atoms with Gasteiger partial charge in [0.1, 0.15) is 6.61 Å². The Morgan fingerprint density at radius 2 is 2.15 bits per heavy atom. The molecule has 1 aromatic carbocycles. The number of carbonyl (C=O) groups excluding carboxylic acids is 1. The molecule has 1 fully saturated rings. The highest BCUT2D eigenvalue weighted by atomic mass is 16.6. The largest absolute Gasteiger partial charge is 0.459 e. The molecule has 1 heterocycles. The summed E-state index contributed by atoms with van der Waals surface area (Å²) in [6.45, 7) is 0.840. The van der Waals surface area contributed by atoms with Crippen LogP contribution in [0.2, 0.25) is 0 Å². The molecule has 0 radical (unpaired) electrons. The maximum atomic E-state index is 11.0. The molecular formula is C10H10O3. The maximum absolute atomic E-state index is 11.0. The molecule has 0 amide bonds. The van der Waals surface area contributed by atoms with E-state index in [1.165, 1.54) is 0 Å². The summed E-state index contributed by atoms with van der Waals surface area (Å²) in [5.41, 5.74) is 0.997. The Kier molecular flexibility index (Phi) is 2.27. The molecule has 0 spiro atoms. The van der Waals surface area contributed by atoms with Crippen LogP contribution in [-0.2, 0) is 20.9 Å². The zero-order valence-corrected chi connectivity index (χ0v) is 7.10. The number of ether oxygens (including phenoxy) is 2. The average molecular weight is 178 g/mol. The van der Waals surface area contributed by atoms with Crippen molar-refractivity contribution in [2.24, 2.45) is 0 Å². The van der Waals surface area contributed by atoms with E-state index in [1.54, 1.807) is 0 Å². The first-order valence-electron chi connectivity index (χ1n) is 4.18. The van der Waals surface area contributed by atoms with Gasteiger partial charge in [-0.15, -0.1) is 0 Å². The van der Waals surface area contributed by atoms with Gasteiger partial charge in [-0.25, -0.2) is 4.79 Å². The predicted octanol–water partition coefficient (Wildman–Crippen LogP) is 1.13. The standard InChI is InChI=1S/C10H10O3/c11-10(9-7-12-9)13-6-8-4-2-1-3-5-8/h1-5,9H,6-7H2/t9-/m1/s1. The second kappa shape index (κ2) is 3.58. The van der Waals surface area contributed by atoms with Crippen molar-refractivity contribution in [3.63, 3.8) is 0 Å². The predicted molar refractivity (Wildman–Crippen MR) is 46.0 cm³/mol. The van der Waals surface area contributed by atoms with Crippen molar-refractivity contribution in [1.29, 1.82) is 0 Å². The highest BCUT2D eigenvalue weighted by molar-refractivity contribution is 5.76. The van der Waals surface area contributed by atoms with Crippen LogP contribution in [0.4, 0.5) is 0 Å². The molecule has 0 aromatic heterocycles. The first-order chi connectivity index (χ1) is 6.36. The normalized spacial score (nSPS) is 19.5. The first-order valence-corrected chi connectivity index (χ1v) is 4.18. The quantitative estimate of drug-likeness (QED) is 0.514. The fraction of sp³-hybridized carbons (Fsp3) is 0.300. The van der Waals surface area contributed by atoms with E-state index in [2.05, 4.69) is 0 Å². The van der Waals surface area contributed by atoms with E-state index < -0.39 is 0 Å². The SMILES string of the molecule is O=C(OCc1ccccc1)[C@H]1CO1. The summed E-state index contributed by atoms with van der Waals surface area (Å²) in [6, 6.07) is 9.59. The summed E-state index contributed by atoms with van der Waals surface area (Å²) >= 11 is 0. The molecule has 13 heavy (non-hydrogen) atoms. The molecule has 3 nitrogen and oxygen atoms in total. The minimum Gasteiger partial charge on any atom is -0.459 e. The lowest BCUT2D eigenvalue weighted by atomic mass is 10.2. The lowest BCUT2D eigenvalue weighted by Gasteiger charge is -2.01. The minimum absolute atomic E-state index is 0.260. The fourth-order valence-corrected chi connectivity index (χ4v) is 1.01. The molecule has 0 unspecified atom stereocenters. The number of esters is 1. The second-order valence-electron chi connectivity index (χ2n) is 2.92. The van der Waals surface area contributed by atoms with Crippen LogP contribution in [0, 0.1) is 0 Å². The maximum Gasteiger partial charge on any atom is 0.338 e. The third kappa shape index (κ3) is 2.29. The molecule has 0 N–H and O–H groups in total. The van der Waals surface area contributed by atoms with Gasteiger partial charge >= 0.3 is 5.97 Å². The molecule has 1 saturated heterocycles. The van der Waals surface area contributed by atoms with Crippen LogP contribution in [0.3, 0.4) is 0 Å². The van der Waals surface area contributed by atoms with E-state index in [9.17, 15) is 4.79 Å². The van der Waals surface area contributed by atoms with Crippen molar-refractivity contribution in [1.82, 2.24) is 0 Å². The highest BCUT2D eigenvalue weighted by Gasteiger charge is 2.32. The van der Waals surface area contributed by atoms with Crippen molar-refractivity contribution < 1.29 is 14.3 Å². The van der Waals surface area contributed by atoms with E-state index in [-0.39, 0.29) is 12.1 Å². The van der Waals surface area contributed by atoms with Gasteiger partial charge in [-0.3, -0.25) is 0 Å². The van der Waals surface area contributed by atoms with E-state index in [4.69, 9.17) is 9.47 Å². The van der Waals surface area contributed by atoms with Crippen molar-refractivity contribution in [3.8, 4) is 0 Å². The van der Waals surface area contributed by atoms with Gasteiger partial charge in [0.25, 0.3) is 0 Å². The van der Waals surface area contributed by atoms with Crippen molar-refractivity contribution in [2.75, 3.05) is 6.61 Å². The summed E-state index contributed by atoms with van der Waals surface area (Å²) in [5, 5.41) is 0. The molecule has 1 aliphatic rings. The second-order valence-corrected chi connectivity index (χ2v) is 2.92. The Balaban J connectivity index is 1.82. The molecule has 0 aliphatic carbocycles. The summed E-state index contributed by atoms with van der Waals surface area (Å²) in [5.74, 6) is -0.260. The smallest absolute Gasteiger partial charge is 0.338 e. The molecular weight excluding hydrogens is 168 g/mol. The van der Waals surface area contributed by atoms with Gasteiger partial charge in [0.05, 0.1) is 6.61 Å². The van der Waals surface area contributed by atoms with Crippen molar-refractivity contribution >= 4 is 5.97 Å². The van der Waals surface area contributed by atoms with Gasteiger partial charge in [0.2, 0.25) is 0 Å². The monoisotopic (exact) mass is 178 g/mol. The van der Waals surface area contributed by atoms with Crippen LogP contribution in [0.25, 0.3) is 0 Å². The number of hydrogen-bond donors (Lipinski definition) is 0. The van der Waals surface area contributed by atoms with Crippen LogP contribution in [0.1, 0.15) is 5.56 Å². The molecule has 0 bridgehead atoms. The van der Waals surface area contributed by atoms with Gasteiger partial charge in [0, 0.05) is 0 Å². The number of hydrogen-bond acceptors (Lipinski definition) is 3. The summed E-state index contributed by atoms with van der Waals surface area (Å²) in [6.07, 6.45) is -0.302. The molecule has 3 heteroatoms. The molecule has 1 atom stereocenters. The van der Waals surface area contributed by atoms with Crippen LogP contribution in [0.5, 0.6) is 0 Å². The average Bonchev–Trinajstić information content (AvgIpc) is 2.99. The van der Waals surface area contributed by atoms with Crippen LogP contribution in [0.15, 0.2) is 30.3 Å². The van der Waals surface area contributed by atoms with E-state index >= 15 is 0 Å². The molecule has 0 saturated carbocycles. The Hall–Kier alpha value is -1.35. The van der Waals surface area contributed by atoms with Gasteiger partial charge in [-0.1, -0.05) is 30.3 Å². The lowest BCUT2D eigenvalue weighted by molar-refractivity contribution is -0.146. The Bertz CT molecular complexity index is 290. The summed E-state index contributed by atoms with van der Waals surface area (Å²) in [7, 11) is 0. The molecule has 2 rings (SSSR count). The fourth-order valence-electron chi connectivity index (χ4n) is 1.01. The Labute approximate surface area is 76.3 Å². The van der Waals surface area contributed by atoms with Crippen LogP contribution < -0.4 is 0 Å². The number of rotatable bonds is 3. The first kappa shape index (κ1) is 8.26. The summed E-state index contributed by atoms with van der Waals surface area (Å²) in [4.78, 5) is 11.0. The Morgan fingerprint density at radius 1 is 1.46 bits per heavy atom. The molecule has 68 valence electrons. The molecule has 1 aliphatic heterocycles.